The third-order valence-electron chi connectivity index (χ3n) is 3.88. The number of nitrogens with two attached hydrogens (primary N) is 1. The lowest BCUT2D eigenvalue weighted by atomic mass is 10.1. The van der Waals surface area contributed by atoms with E-state index >= 15 is 0 Å². The fourth-order valence-corrected chi connectivity index (χ4v) is 5.05. The van der Waals surface area contributed by atoms with Crippen molar-refractivity contribution in [2.75, 3.05) is 46.1 Å². The summed E-state index contributed by atoms with van der Waals surface area (Å²) < 4.78 is 31.6. The first-order valence-corrected chi connectivity index (χ1v) is 9.62. The normalized spacial score (nSPS) is 19.7. The van der Waals surface area contributed by atoms with Gasteiger partial charge in [-0.05, 0) is 19.4 Å². The molecule has 1 aliphatic rings. The van der Waals surface area contributed by atoms with E-state index in [-0.39, 0.29) is 17.7 Å². The molecule has 1 fully saturated rings. The highest BCUT2D eigenvalue weighted by Crippen LogP contribution is 2.23. The predicted molar refractivity (Wildman–Crippen MR) is 95.5 cm³/mol. The van der Waals surface area contributed by atoms with Gasteiger partial charge in [-0.2, -0.15) is 0 Å². The molecule has 10 heteroatoms. The van der Waals surface area contributed by atoms with Gasteiger partial charge in [0.25, 0.3) is 0 Å². The maximum atomic E-state index is 12.6. The SMILES string of the molecule is COCCN(C)S(=O)(=O)C1CCCN(Cc2cnc(N)s2)C1.Cl. The summed E-state index contributed by atoms with van der Waals surface area (Å²) in [7, 11) is -0.0843. The third-order valence-corrected chi connectivity index (χ3v) is 6.97. The van der Waals surface area contributed by atoms with Gasteiger partial charge in [-0.1, -0.05) is 0 Å². The van der Waals surface area contributed by atoms with Crippen LogP contribution in [-0.2, 0) is 21.3 Å². The number of rotatable bonds is 7. The number of likely N-dealkylation sites (N-methyl/N-ethyl adjacent to an activating group) is 1. The topological polar surface area (TPSA) is 88.8 Å². The Morgan fingerprint density at radius 2 is 2.30 bits per heavy atom. The first-order chi connectivity index (χ1) is 10.4. The number of halogens is 1. The number of hydrogen-bond acceptors (Lipinski definition) is 7. The highest BCUT2D eigenvalue weighted by atomic mass is 35.5. The quantitative estimate of drug-likeness (QED) is 0.755. The molecule has 2 N–H and O–H groups in total. The Morgan fingerprint density at radius 1 is 1.57 bits per heavy atom. The molecule has 2 rings (SSSR count). The molecule has 1 saturated heterocycles. The zero-order valence-electron chi connectivity index (χ0n) is 13.5. The summed E-state index contributed by atoms with van der Waals surface area (Å²) in [6.07, 6.45) is 3.36. The molecule has 7 nitrogen and oxygen atoms in total. The Kier molecular flexibility index (Phi) is 8.19. The van der Waals surface area contributed by atoms with Crippen molar-refractivity contribution in [3.8, 4) is 0 Å². The smallest absolute Gasteiger partial charge is 0.218 e. The molecular weight excluding hydrogens is 360 g/mol. The summed E-state index contributed by atoms with van der Waals surface area (Å²) in [5.74, 6) is 0. The van der Waals surface area contributed by atoms with Gasteiger partial charge < -0.3 is 10.5 Å². The molecule has 0 amide bonds. The summed E-state index contributed by atoms with van der Waals surface area (Å²) in [5, 5.41) is 0.198. The van der Waals surface area contributed by atoms with E-state index in [4.69, 9.17) is 10.5 Å². The van der Waals surface area contributed by atoms with E-state index in [1.54, 1.807) is 20.4 Å². The third kappa shape index (κ3) is 5.54. The van der Waals surface area contributed by atoms with Crippen molar-refractivity contribution in [1.29, 1.82) is 0 Å². The van der Waals surface area contributed by atoms with Crippen LogP contribution in [0.4, 0.5) is 5.13 Å². The van der Waals surface area contributed by atoms with Crippen LogP contribution < -0.4 is 5.73 Å². The van der Waals surface area contributed by atoms with E-state index in [9.17, 15) is 8.42 Å². The Hall–Kier alpha value is -0.450. The van der Waals surface area contributed by atoms with Crippen molar-refractivity contribution in [3.05, 3.63) is 11.1 Å². The van der Waals surface area contributed by atoms with Gasteiger partial charge in [0.2, 0.25) is 10.0 Å². The molecule has 0 bridgehead atoms. The number of nitrogen functional groups attached to an aromatic ring is 1. The monoisotopic (exact) mass is 384 g/mol. The zero-order chi connectivity index (χ0) is 16.2. The lowest BCUT2D eigenvalue weighted by Gasteiger charge is -2.34. The van der Waals surface area contributed by atoms with E-state index in [0.29, 0.717) is 37.8 Å². The van der Waals surface area contributed by atoms with Gasteiger partial charge in [0.1, 0.15) is 0 Å². The van der Waals surface area contributed by atoms with Crippen LogP contribution in [0.5, 0.6) is 0 Å². The van der Waals surface area contributed by atoms with Gasteiger partial charge in [-0.3, -0.25) is 4.90 Å². The van der Waals surface area contributed by atoms with Crippen molar-refractivity contribution < 1.29 is 13.2 Å². The number of piperidine rings is 1. The molecule has 0 aliphatic carbocycles. The molecule has 23 heavy (non-hydrogen) atoms. The van der Waals surface area contributed by atoms with Crippen molar-refractivity contribution >= 4 is 38.9 Å². The van der Waals surface area contributed by atoms with Gasteiger partial charge in [0.15, 0.2) is 5.13 Å². The Labute approximate surface area is 148 Å². The number of sulfonamides is 1. The van der Waals surface area contributed by atoms with Gasteiger partial charge in [0.05, 0.1) is 11.9 Å². The van der Waals surface area contributed by atoms with Crippen molar-refractivity contribution in [1.82, 2.24) is 14.2 Å². The summed E-state index contributed by atoms with van der Waals surface area (Å²) in [6.45, 7) is 2.97. The second kappa shape index (κ2) is 9.14. The molecule has 0 radical (unpaired) electrons. The van der Waals surface area contributed by atoms with Crippen LogP contribution in [0.1, 0.15) is 17.7 Å². The van der Waals surface area contributed by atoms with Crippen LogP contribution in [0.3, 0.4) is 0 Å². The Morgan fingerprint density at radius 3 is 2.91 bits per heavy atom. The van der Waals surface area contributed by atoms with Gasteiger partial charge >= 0.3 is 0 Å². The highest BCUT2D eigenvalue weighted by Gasteiger charge is 2.33. The van der Waals surface area contributed by atoms with E-state index in [0.717, 1.165) is 17.8 Å². The van der Waals surface area contributed by atoms with E-state index in [1.807, 2.05) is 0 Å². The van der Waals surface area contributed by atoms with Gasteiger partial charge in [-0.25, -0.2) is 17.7 Å². The minimum Gasteiger partial charge on any atom is -0.383 e. The summed E-state index contributed by atoms with van der Waals surface area (Å²) in [4.78, 5) is 7.28. The second-order valence-corrected chi connectivity index (χ2v) is 8.99. The van der Waals surface area contributed by atoms with Crippen molar-refractivity contribution in [2.45, 2.75) is 24.6 Å². The van der Waals surface area contributed by atoms with Crippen LogP contribution in [0.15, 0.2) is 6.20 Å². The van der Waals surface area contributed by atoms with Crippen molar-refractivity contribution in [3.63, 3.8) is 0 Å². The standard InChI is InChI=1S/C13H24N4O3S2.ClH/c1-16(6-7-20-2)22(18,19)12-4-3-5-17(10-12)9-11-8-15-13(14)21-11;/h8,12H,3-7,9-10H2,1-2H3,(H2,14,15);1H. The zero-order valence-corrected chi connectivity index (χ0v) is 15.9. The average molecular weight is 385 g/mol. The van der Waals surface area contributed by atoms with Crippen LogP contribution in [0.25, 0.3) is 0 Å². The van der Waals surface area contributed by atoms with Crippen molar-refractivity contribution in [2.24, 2.45) is 0 Å². The molecule has 1 aromatic rings. The summed E-state index contributed by atoms with van der Waals surface area (Å²) in [5.41, 5.74) is 5.64. The maximum absolute atomic E-state index is 12.6. The van der Waals surface area contributed by atoms with Gasteiger partial charge in [0, 0.05) is 44.9 Å². The minimum absolute atomic E-state index is 0. The van der Waals surface area contributed by atoms with Crippen LogP contribution in [0, 0.1) is 0 Å². The van der Waals surface area contributed by atoms with E-state index < -0.39 is 10.0 Å². The number of methoxy groups -OCH3 is 1. The van der Waals surface area contributed by atoms with Crippen LogP contribution >= 0.6 is 23.7 Å². The lowest BCUT2D eigenvalue weighted by Crippen LogP contribution is -2.47. The number of ether oxygens (including phenoxy) is 1. The Bertz CT molecular complexity index is 582. The maximum Gasteiger partial charge on any atom is 0.218 e. The lowest BCUT2D eigenvalue weighted by molar-refractivity contribution is 0.182. The molecule has 1 unspecified atom stereocenters. The molecule has 1 aliphatic heterocycles. The molecule has 0 saturated carbocycles. The molecular formula is C13H25ClN4O3S2. The predicted octanol–water partition coefficient (Wildman–Crippen LogP) is 1.02. The molecule has 1 aromatic heterocycles. The number of likely N-dealkylation sites (tertiary alicyclic amines) is 1. The van der Waals surface area contributed by atoms with E-state index in [1.165, 1.54) is 15.6 Å². The summed E-state index contributed by atoms with van der Waals surface area (Å²) >= 11 is 1.46. The van der Waals surface area contributed by atoms with Crippen LogP contribution in [0.2, 0.25) is 0 Å². The van der Waals surface area contributed by atoms with E-state index in [2.05, 4.69) is 9.88 Å². The number of anilines is 1. The molecule has 134 valence electrons. The largest absolute Gasteiger partial charge is 0.383 e. The summed E-state index contributed by atoms with van der Waals surface area (Å²) in [6, 6.07) is 0. The first kappa shape index (κ1) is 20.6. The fraction of sp³-hybridized carbons (Fsp3) is 0.769. The Balaban J connectivity index is 0.00000264. The molecule has 0 spiro atoms. The highest BCUT2D eigenvalue weighted by molar-refractivity contribution is 7.89. The fourth-order valence-electron chi connectivity index (χ4n) is 2.62. The number of nitrogens with zero attached hydrogens (tertiary/aromatic N) is 3. The van der Waals surface area contributed by atoms with Crippen LogP contribution in [-0.4, -0.2) is 68.3 Å². The molecule has 1 atom stereocenters. The molecule has 2 heterocycles. The number of thiazole rings is 1. The second-order valence-electron chi connectivity index (χ2n) is 5.52. The number of aromatic nitrogens is 1. The molecule has 0 aromatic carbocycles. The first-order valence-electron chi connectivity index (χ1n) is 7.30. The average Bonchev–Trinajstić information content (AvgIpc) is 2.90. The number of hydrogen-bond donors (Lipinski definition) is 1. The van der Waals surface area contributed by atoms with Gasteiger partial charge in [-0.15, -0.1) is 23.7 Å². The minimum atomic E-state index is -3.28.